The molecule has 4 aromatic rings. The molecule has 1 heterocycles. The Morgan fingerprint density at radius 3 is 2.03 bits per heavy atom. The predicted molar refractivity (Wildman–Crippen MR) is 129 cm³/mol. The topological polar surface area (TPSA) is 95.6 Å². The van der Waals surface area contributed by atoms with Crippen molar-refractivity contribution in [2.24, 2.45) is 5.73 Å². The van der Waals surface area contributed by atoms with Crippen LogP contribution in [-0.2, 0) is 13.1 Å². The number of benzene rings is 3. The van der Waals surface area contributed by atoms with E-state index in [0.29, 0.717) is 24.3 Å². The number of hydrogen-bond donors (Lipinski definition) is 2. The van der Waals surface area contributed by atoms with Gasteiger partial charge < -0.3 is 25.1 Å². The van der Waals surface area contributed by atoms with Crippen LogP contribution in [0.15, 0.2) is 77.6 Å². The third-order valence-electron chi connectivity index (χ3n) is 5.55. The van der Waals surface area contributed by atoms with Gasteiger partial charge in [-0.05, 0) is 41.5 Å². The summed E-state index contributed by atoms with van der Waals surface area (Å²) < 4.78 is 12.0. The van der Waals surface area contributed by atoms with Gasteiger partial charge in [0.1, 0.15) is 17.1 Å². The molecule has 3 N–H and O–H groups in total. The maximum absolute atomic E-state index is 13.4. The van der Waals surface area contributed by atoms with E-state index in [1.165, 1.54) is 0 Å². The number of primary amides is 1. The molecule has 0 saturated heterocycles. The molecule has 4 rings (SSSR count). The highest BCUT2D eigenvalue weighted by Gasteiger charge is 2.20. The first-order valence-corrected chi connectivity index (χ1v) is 10.5. The lowest BCUT2D eigenvalue weighted by molar-refractivity contribution is 0.0999. The molecule has 0 aliphatic heterocycles. The van der Waals surface area contributed by atoms with Gasteiger partial charge in [-0.3, -0.25) is 9.59 Å². The number of anilines is 1. The molecule has 0 bridgehead atoms. The summed E-state index contributed by atoms with van der Waals surface area (Å²) in [5, 5.41) is 4.01. The smallest absolute Gasteiger partial charge is 0.266 e. The minimum Gasteiger partial charge on any atom is -0.497 e. The minimum atomic E-state index is -0.772. The first-order valence-electron chi connectivity index (χ1n) is 10.5. The first-order chi connectivity index (χ1) is 16.0. The van der Waals surface area contributed by atoms with Crippen molar-refractivity contribution >= 4 is 22.5 Å². The van der Waals surface area contributed by atoms with Gasteiger partial charge >= 0.3 is 0 Å². The fourth-order valence-corrected chi connectivity index (χ4v) is 3.82. The second kappa shape index (κ2) is 9.48. The summed E-state index contributed by atoms with van der Waals surface area (Å²) in [6, 6.07) is 22.5. The largest absolute Gasteiger partial charge is 0.497 e. The summed E-state index contributed by atoms with van der Waals surface area (Å²) in [5.41, 5.74) is 8.21. The summed E-state index contributed by atoms with van der Waals surface area (Å²) in [5.74, 6) is 0.710. The molecule has 0 atom stereocenters. The van der Waals surface area contributed by atoms with Crippen LogP contribution in [-0.4, -0.2) is 24.7 Å². The zero-order valence-corrected chi connectivity index (χ0v) is 18.5. The van der Waals surface area contributed by atoms with Crippen molar-refractivity contribution in [2.45, 2.75) is 13.1 Å². The molecule has 0 spiro atoms. The molecule has 0 aliphatic rings. The van der Waals surface area contributed by atoms with E-state index >= 15 is 0 Å². The summed E-state index contributed by atoms with van der Waals surface area (Å²) in [4.78, 5) is 25.9. The summed E-state index contributed by atoms with van der Waals surface area (Å²) in [7, 11) is 3.21. The van der Waals surface area contributed by atoms with Crippen LogP contribution in [0.2, 0.25) is 0 Å². The van der Waals surface area contributed by atoms with Gasteiger partial charge in [0.05, 0.1) is 32.0 Å². The monoisotopic (exact) mass is 443 g/mol. The maximum atomic E-state index is 13.4. The Hall–Kier alpha value is -4.26. The quantitative estimate of drug-likeness (QED) is 0.432. The molecule has 33 heavy (non-hydrogen) atoms. The molecule has 0 saturated carbocycles. The van der Waals surface area contributed by atoms with Crippen molar-refractivity contribution in [3.63, 3.8) is 0 Å². The van der Waals surface area contributed by atoms with Gasteiger partial charge in [0.15, 0.2) is 0 Å². The number of hydrogen-bond acceptors (Lipinski definition) is 5. The van der Waals surface area contributed by atoms with Gasteiger partial charge in [-0.25, -0.2) is 0 Å². The third-order valence-corrected chi connectivity index (χ3v) is 5.55. The number of nitrogens with zero attached hydrogens (tertiary/aromatic N) is 1. The Morgan fingerprint density at radius 2 is 1.45 bits per heavy atom. The minimum absolute atomic E-state index is 0.0595. The second-order valence-corrected chi connectivity index (χ2v) is 7.57. The number of amides is 1. The van der Waals surface area contributed by atoms with Crippen LogP contribution in [0.5, 0.6) is 11.5 Å². The third kappa shape index (κ3) is 4.52. The second-order valence-electron chi connectivity index (χ2n) is 7.57. The summed E-state index contributed by atoms with van der Waals surface area (Å²) >= 11 is 0. The van der Waals surface area contributed by atoms with Crippen LogP contribution in [0.1, 0.15) is 21.5 Å². The Labute approximate surface area is 191 Å². The highest BCUT2D eigenvalue weighted by atomic mass is 16.5. The zero-order valence-electron chi connectivity index (χ0n) is 18.5. The molecule has 7 nitrogen and oxygen atoms in total. The molecule has 0 radical (unpaired) electrons. The van der Waals surface area contributed by atoms with Crippen molar-refractivity contribution in [3.05, 3.63) is 99.8 Å². The number of ether oxygens (including phenoxy) is 2. The Bertz CT molecular complexity index is 1340. The lowest BCUT2D eigenvalue weighted by atomic mass is 10.1. The average Bonchev–Trinajstić information content (AvgIpc) is 2.85. The molecule has 7 heteroatoms. The number of para-hydroxylation sites is 1. The lowest BCUT2D eigenvalue weighted by Gasteiger charge is -2.18. The van der Waals surface area contributed by atoms with Crippen LogP contribution < -0.4 is 26.1 Å². The Balaban J connectivity index is 1.78. The van der Waals surface area contributed by atoms with Crippen LogP contribution in [0.4, 0.5) is 5.69 Å². The van der Waals surface area contributed by atoms with E-state index in [4.69, 9.17) is 15.2 Å². The van der Waals surface area contributed by atoms with E-state index in [0.717, 1.165) is 28.0 Å². The lowest BCUT2D eigenvalue weighted by Crippen LogP contribution is -2.32. The van der Waals surface area contributed by atoms with Gasteiger partial charge in [-0.2, -0.15) is 0 Å². The standard InChI is InChI=1S/C26H25N3O4/c1-32-19-11-7-17(8-12-19)15-28-24-21-5-3-4-6-22(21)29(26(31)23(24)25(27)30)16-18-9-13-20(33-2)14-10-18/h3-14,28H,15-16H2,1-2H3,(H2,27,30). The number of pyridine rings is 1. The number of methoxy groups -OCH3 is 2. The zero-order chi connectivity index (χ0) is 23.4. The van der Waals surface area contributed by atoms with Gasteiger partial charge in [-0.1, -0.05) is 42.5 Å². The molecule has 0 unspecified atom stereocenters. The molecule has 0 aliphatic carbocycles. The van der Waals surface area contributed by atoms with Crippen molar-refractivity contribution in [2.75, 3.05) is 19.5 Å². The molecule has 0 fully saturated rings. The number of fused-ring (bicyclic) bond motifs is 1. The first kappa shape index (κ1) is 22.0. The molecular formula is C26H25N3O4. The van der Waals surface area contributed by atoms with Crippen molar-refractivity contribution in [1.29, 1.82) is 0 Å². The molecule has 168 valence electrons. The highest BCUT2D eigenvalue weighted by Crippen LogP contribution is 2.27. The number of nitrogens with one attached hydrogen (secondary N) is 1. The normalized spacial score (nSPS) is 10.7. The van der Waals surface area contributed by atoms with Gasteiger partial charge in [0.2, 0.25) is 0 Å². The summed E-state index contributed by atoms with van der Waals surface area (Å²) in [6.07, 6.45) is 0. The molecule has 1 aromatic heterocycles. The van der Waals surface area contributed by atoms with Gasteiger partial charge in [-0.15, -0.1) is 0 Å². The number of carbonyl (C=O) groups is 1. The number of aromatic nitrogens is 1. The fourth-order valence-electron chi connectivity index (χ4n) is 3.82. The molecular weight excluding hydrogens is 418 g/mol. The van der Waals surface area contributed by atoms with Crippen LogP contribution in [0.25, 0.3) is 10.9 Å². The van der Waals surface area contributed by atoms with E-state index in [1.807, 2.05) is 72.8 Å². The number of carbonyl (C=O) groups excluding carboxylic acids is 1. The number of rotatable bonds is 8. The fraction of sp³-hybridized carbons (Fsp3) is 0.154. The van der Waals surface area contributed by atoms with Crippen molar-refractivity contribution in [3.8, 4) is 11.5 Å². The highest BCUT2D eigenvalue weighted by molar-refractivity contribution is 6.06. The van der Waals surface area contributed by atoms with E-state index in [2.05, 4.69) is 5.32 Å². The van der Waals surface area contributed by atoms with Gasteiger partial charge in [0.25, 0.3) is 11.5 Å². The maximum Gasteiger partial charge on any atom is 0.266 e. The number of nitrogens with two attached hydrogens (primary N) is 1. The Morgan fingerprint density at radius 1 is 0.879 bits per heavy atom. The average molecular weight is 444 g/mol. The SMILES string of the molecule is COc1ccc(CNc2c(C(N)=O)c(=O)n(Cc3ccc(OC)cc3)c3ccccc23)cc1. The predicted octanol–water partition coefficient (Wildman–Crippen LogP) is 3.78. The van der Waals surface area contributed by atoms with E-state index in [9.17, 15) is 9.59 Å². The molecule has 1 amide bonds. The van der Waals surface area contributed by atoms with Gasteiger partial charge in [0, 0.05) is 11.9 Å². The summed E-state index contributed by atoms with van der Waals surface area (Å²) in [6.45, 7) is 0.707. The van der Waals surface area contributed by atoms with Crippen LogP contribution in [0, 0.1) is 0 Å². The Kier molecular flexibility index (Phi) is 6.31. The van der Waals surface area contributed by atoms with E-state index in [-0.39, 0.29) is 5.56 Å². The van der Waals surface area contributed by atoms with E-state index < -0.39 is 11.5 Å². The molecule has 3 aromatic carbocycles. The van der Waals surface area contributed by atoms with Crippen LogP contribution in [0.3, 0.4) is 0 Å². The van der Waals surface area contributed by atoms with E-state index in [1.54, 1.807) is 18.8 Å². The van der Waals surface area contributed by atoms with Crippen molar-refractivity contribution in [1.82, 2.24) is 4.57 Å². The van der Waals surface area contributed by atoms with Crippen molar-refractivity contribution < 1.29 is 14.3 Å². The van der Waals surface area contributed by atoms with Crippen LogP contribution >= 0.6 is 0 Å².